The third kappa shape index (κ3) is 4.49. The summed E-state index contributed by atoms with van der Waals surface area (Å²) >= 11 is 0. The number of halogens is 1. The van der Waals surface area contributed by atoms with E-state index in [1.807, 2.05) is 0 Å². The summed E-state index contributed by atoms with van der Waals surface area (Å²) in [6.07, 6.45) is 4.13. The quantitative estimate of drug-likeness (QED) is 0.568. The van der Waals surface area contributed by atoms with E-state index in [1.165, 1.54) is 23.1 Å². The maximum Gasteiger partial charge on any atom is 0.256 e. The highest BCUT2D eigenvalue weighted by Gasteiger charge is 2.18. The van der Waals surface area contributed by atoms with Gasteiger partial charge in [-0.15, -0.1) is 0 Å². The molecular weight excluding hydrogens is 259 g/mol. The van der Waals surface area contributed by atoms with Gasteiger partial charge in [-0.1, -0.05) is 32.3 Å². The van der Waals surface area contributed by atoms with E-state index < -0.39 is 5.82 Å². The summed E-state index contributed by atoms with van der Waals surface area (Å²) in [6, 6.07) is 4.20. The Morgan fingerprint density at radius 3 is 2.70 bits per heavy atom. The van der Waals surface area contributed by atoms with Gasteiger partial charge in [-0.05, 0) is 18.6 Å². The molecule has 1 amide bonds. The lowest BCUT2D eigenvalue weighted by Crippen LogP contribution is -2.35. The van der Waals surface area contributed by atoms with E-state index in [4.69, 9.17) is 10.8 Å². The van der Waals surface area contributed by atoms with Crippen LogP contribution in [-0.4, -0.2) is 35.6 Å². The Bertz CT molecular complexity index is 438. The lowest BCUT2D eigenvalue weighted by molar-refractivity contribution is 0.0719. The molecule has 0 unspecified atom stereocenters. The highest BCUT2D eigenvalue weighted by molar-refractivity contribution is 5.99. The van der Waals surface area contributed by atoms with Crippen molar-refractivity contribution in [1.29, 1.82) is 0 Å². The lowest BCUT2D eigenvalue weighted by atomic mass is 10.1. The summed E-state index contributed by atoms with van der Waals surface area (Å²) < 4.78 is 13.4. The molecule has 0 fully saturated rings. The lowest BCUT2D eigenvalue weighted by Gasteiger charge is -2.22. The number of nitrogens with zero attached hydrogens (tertiary/aromatic N) is 1. The van der Waals surface area contributed by atoms with Crippen LogP contribution in [0.5, 0.6) is 0 Å². The standard InChI is InChI=1S/C15H23FN2O2/c1-2-3-4-5-9-18(10-11-19)15(20)12-7-6-8-13(16)14(12)17/h6-8,19H,2-5,9-11,17H2,1H3. The van der Waals surface area contributed by atoms with Gasteiger partial charge >= 0.3 is 0 Å². The Morgan fingerprint density at radius 2 is 2.05 bits per heavy atom. The number of hydrogen-bond donors (Lipinski definition) is 2. The van der Waals surface area contributed by atoms with Gasteiger partial charge in [-0.3, -0.25) is 4.79 Å². The highest BCUT2D eigenvalue weighted by atomic mass is 19.1. The van der Waals surface area contributed by atoms with Crippen LogP contribution in [0.2, 0.25) is 0 Å². The van der Waals surface area contributed by atoms with Crippen molar-refractivity contribution in [1.82, 2.24) is 4.90 Å². The number of carbonyl (C=O) groups is 1. The molecule has 20 heavy (non-hydrogen) atoms. The minimum Gasteiger partial charge on any atom is -0.396 e. The molecule has 0 bridgehead atoms. The van der Waals surface area contributed by atoms with Gasteiger partial charge in [0, 0.05) is 13.1 Å². The summed E-state index contributed by atoms with van der Waals surface area (Å²) in [4.78, 5) is 13.9. The normalized spacial score (nSPS) is 10.6. The van der Waals surface area contributed by atoms with Crippen molar-refractivity contribution >= 4 is 11.6 Å². The fraction of sp³-hybridized carbons (Fsp3) is 0.533. The van der Waals surface area contributed by atoms with Gasteiger partial charge in [0.05, 0.1) is 17.9 Å². The van der Waals surface area contributed by atoms with Crippen molar-refractivity contribution in [2.45, 2.75) is 32.6 Å². The molecule has 0 aliphatic rings. The number of rotatable bonds is 8. The number of carbonyl (C=O) groups excluding carboxylic acids is 1. The van der Waals surface area contributed by atoms with Gasteiger partial charge in [-0.2, -0.15) is 0 Å². The van der Waals surface area contributed by atoms with Crippen LogP contribution < -0.4 is 5.73 Å². The van der Waals surface area contributed by atoms with Crippen LogP contribution in [0.1, 0.15) is 43.0 Å². The van der Waals surface area contributed by atoms with E-state index in [9.17, 15) is 9.18 Å². The molecule has 1 aromatic rings. The van der Waals surface area contributed by atoms with Crippen LogP contribution in [-0.2, 0) is 0 Å². The van der Waals surface area contributed by atoms with Crippen LogP contribution in [0.15, 0.2) is 18.2 Å². The monoisotopic (exact) mass is 282 g/mol. The second kappa shape index (κ2) is 8.53. The van der Waals surface area contributed by atoms with Crippen LogP contribution in [0.4, 0.5) is 10.1 Å². The van der Waals surface area contributed by atoms with Crippen LogP contribution in [0.3, 0.4) is 0 Å². The molecule has 0 aromatic heterocycles. The zero-order valence-electron chi connectivity index (χ0n) is 11.9. The van der Waals surface area contributed by atoms with Gasteiger partial charge in [0.2, 0.25) is 0 Å². The molecule has 0 saturated carbocycles. The minimum atomic E-state index is -0.592. The van der Waals surface area contributed by atoms with Crippen molar-refractivity contribution in [3.63, 3.8) is 0 Å². The van der Waals surface area contributed by atoms with Crippen LogP contribution >= 0.6 is 0 Å². The molecule has 4 nitrogen and oxygen atoms in total. The first kappa shape index (κ1) is 16.4. The molecule has 0 saturated heterocycles. The second-order valence-corrected chi connectivity index (χ2v) is 4.78. The summed E-state index contributed by atoms with van der Waals surface area (Å²) in [5.74, 6) is -0.918. The second-order valence-electron chi connectivity index (χ2n) is 4.78. The maximum atomic E-state index is 13.4. The molecule has 3 N–H and O–H groups in total. The first-order valence-electron chi connectivity index (χ1n) is 7.06. The van der Waals surface area contributed by atoms with Crippen LogP contribution in [0.25, 0.3) is 0 Å². The Kier molecular flexibility index (Phi) is 7.01. The largest absolute Gasteiger partial charge is 0.396 e. The molecule has 0 aliphatic heterocycles. The highest BCUT2D eigenvalue weighted by Crippen LogP contribution is 2.18. The van der Waals surface area contributed by atoms with Gasteiger partial charge in [0.15, 0.2) is 0 Å². The van der Waals surface area contributed by atoms with E-state index >= 15 is 0 Å². The predicted molar refractivity (Wildman–Crippen MR) is 77.9 cm³/mol. The molecule has 0 aliphatic carbocycles. The van der Waals surface area contributed by atoms with Gasteiger partial charge in [0.1, 0.15) is 5.82 Å². The van der Waals surface area contributed by atoms with E-state index in [-0.39, 0.29) is 30.3 Å². The number of nitrogen functional groups attached to an aromatic ring is 1. The first-order valence-corrected chi connectivity index (χ1v) is 7.06. The van der Waals surface area contributed by atoms with Gasteiger partial charge in [0.25, 0.3) is 5.91 Å². The summed E-state index contributed by atoms with van der Waals surface area (Å²) in [5.41, 5.74) is 5.64. The topological polar surface area (TPSA) is 66.6 Å². The smallest absolute Gasteiger partial charge is 0.256 e. The predicted octanol–water partition coefficient (Wildman–Crippen LogP) is 2.42. The molecule has 0 spiro atoms. The number of benzene rings is 1. The average Bonchev–Trinajstić information content (AvgIpc) is 2.44. The molecule has 0 heterocycles. The number of unbranched alkanes of at least 4 members (excludes halogenated alkanes) is 3. The molecule has 112 valence electrons. The van der Waals surface area contributed by atoms with Crippen molar-refractivity contribution in [3.05, 3.63) is 29.6 Å². The number of anilines is 1. The molecule has 5 heteroatoms. The van der Waals surface area contributed by atoms with E-state index in [0.29, 0.717) is 6.54 Å². The van der Waals surface area contributed by atoms with E-state index in [2.05, 4.69) is 6.92 Å². The molecular formula is C15H23FN2O2. The van der Waals surface area contributed by atoms with Crippen molar-refractivity contribution in [2.75, 3.05) is 25.4 Å². The SMILES string of the molecule is CCCCCCN(CCO)C(=O)c1cccc(F)c1N. The van der Waals surface area contributed by atoms with Gasteiger partial charge in [-0.25, -0.2) is 4.39 Å². The summed E-state index contributed by atoms with van der Waals surface area (Å²) in [5, 5.41) is 9.06. The Labute approximate surface area is 119 Å². The summed E-state index contributed by atoms with van der Waals surface area (Å²) in [7, 11) is 0. The Hall–Kier alpha value is -1.62. The number of hydrogen-bond acceptors (Lipinski definition) is 3. The molecule has 0 atom stereocenters. The van der Waals surface area contributed by atoms with E-state index in [1.54, 1.807) is 0 Å². The fourth-order valence-corrected chi connectivity index (χ4v) is 2.06. The summed E-state index contributed by atoms with van der Waals surface area (Å²) in [6.45, 7) is 2.79. The number of nitrogens with two attached hydrogens (primary N) is 1. The number of aliphatic hydroxyl groups is 1. The first-order chi connectivity index (χ1) is 9.61. The maximum absolute atomic E-state index is 13.4. The molecule has 0 radical (unpaired) electrons. The van der Waals surface area contributed by atoms with Gasteiger partial charge < -0.3 is 15.7 Å². The molecule has 1 aromatic carbocycles. The van der Waals surface area contributed by atoms with Crippen LogP contribution in [0, 0.1) is 5.82 Å². The zero-order valence-corrected chi connectivity index (χ0v) is 11.9. The number of amides is 1. The Balaban J connectivity index is 2.74. The Morgan fingerprint density at radius 1 is 1.30 bits per heavy atom. The zero-order chi connectivity index (χ0) is 15.0. The van der Waals surface area contributed by atoms with Crippen molar-refractivity contribution in [3.8, 4) is 0 Å². The van der Waals surface area contributed by atoms with E-state index in [0.717, 1.165) is 25.7 Å². The van der Waals surface area contributed by atoms with Crippen molar-refractivity contribution < 1.29 is 14.3 Å². The number of para-hydroxylation sites is 1. The third-order valence-electron chi connectivity index (χ3n) is 3.22. The molecule has 1 rings (SSSR count). The fourth-order valence-electron chi connectivity index (χ4n) is 2.06. The number of aliphatic hydroxyl groups excluding tert-OH is 1. The average molecular weight is 282 g/mol. The minimum absolute atomic E-state index is 0.116. The third-order valence-corrected chi connectivity index (χ3v) is 3.22. The van der Waals surface area contributed by atoms with Crippen molar-refractivity contribution in [2.24, 2.45) is 0 Å².